The summed E-state index contributed by atoms with van der Waals surface area (Å²) in [7, 11) is -4.09. The summed E-state index contributed by atoms with van der Waals surface area (Å²) < 4.78 is 29.2. The number of benzene rings is 3. The van der Waals surface area contributed by atoms with Gasteiger partial charge in [-0.25, -0.2) is 8.42 Å². The highest BCUT2D eigenvalue weighted by atomic mass is 32.2. The summed E-state index contributed by atoms with van der Waals surface area (Å²) in [6.07, 6.45) is 1.14. The van der Waals surface area contributed by atoms with Gasteiger partial charge in [-0.2, -0.15) is 0 Å². The molecule has 40 heavy (non-hydrogen) atoms. The van der Waals surface area contributed by atoms with Crippen LogP contribution in [0.2, 0.25) is 0 Å². The van der Waals surface area contributed by atoms with Gasteiger partial charge in [0.1, 0.15) is 12.6 Å². The molecule has 3 rings (SSSR count). The van der Waals surface area contributed by atoms with Gasteiger partial charge < -0.3 is 10.2 Å². The van der Waals surface area contributed by atoms with Crippen LogP contribution < -0.4 is 9.62 Å². The van der Waals surface area contributed by atoms with E-state index in [0.29, 0.717) is 12.1 Å². The minimum atomic E-state index is -4.09. The van der Waals surface area contributed by atoms with Gasteiger partial charge in [0.25, 0.3) is 10.0 Å². The maximum absolute atomic E-state index is 14.2. The van der Waals surface area contributed by atoms with Crippen LogP contribution in [-0.2, 0) is 26.2 Å². The normalized spacial score (nSPS) is 12.8. The summed E-state index contributed by atoms with van der Waals surface area (Å²) in [5.74, 6) is -0.698. The highest BCUT2D eigenvalue weighted by Gasteiger charge is 2.34. The van der Waals surface area contributed by atoms with Crippen molar-refractivity contribution in [1.82, 2.24) is 10.2 Å². The first-order chi connectivity index (χ1) is 19.0. The third kappa shape index (κ3) is 7.30. The van der Waals surface area contributed by atoms with Crippen molar-refractivity contribution in [3.8, 4) is 0 Å². The molecule has 0 fully saturated rings. The van der Waals surface area contributed by atoms with Crippen LogP contribution in [0.5, 0.6) is 0 Å². The van der Waals surface area contributed by atoms with Crippen LogP contribution >= 0.6 is 0 Å². The number of sulfonamides is 1. The largest absolute Gasteiger partial charge is 0.352 e. The van der Waals surface area contributed by atoms with Gasteiger partial charge in [0.2, 0.25) is 11.8 Å². The zero-order valence-electron chi connectivity index (χ0n) is 24.3. The number of rotatable bonds is 12. The molecule has 0 aliphatic rings. The molecule has 0 aromatic heterocycles. The van der Waals surface area contributed by atoms with Crippen molar-refractivity contribution in [2.75, 3.05) is 10.8 Å². The lowest BCUT2D eigenvalue weighted by Gasteiger charge is -2.34. The molecule has 0 heterocycles. The number of hydrogen-bond acceptors (Lipinski definition) is 4. The molecule has 3 aromatic carbocycles. The Morgan fingerprint density at radius 2 is 1.43 bits per heavy atom. The lowest BCUT2D eigenvalue weighted by atomic mass is 10.1. The molecule has 214 valence electrons. The van der Waals surface area contributed by atoms with E-state index >= 15 is 0 Å². The number of carbonyl (C=O) groups excluding carboxylic acids is 2. The second kappa shape index (κ2) is 13.6. The number of carbonyl (C=O) groups is 2. The van der Waals surface area contributed by atoms with E-state index in [0.717, 1.165) is 28.7 Å². The van der Waals surface area contributed by atoms with E-state index in [4.69, 9.17) is 0 Å². The van der Waals surface area contributed by atoms with E-state index < -0.39 is 28.5 Å². The summed E-state index contributed by atoms with van der Waals surface area (Å²) in [5, 5.41) is 3.01. The topological polar surface area (TPSA) is 86.8 Å². The third-order valence-corrected chi connectivity index (χ3v) is 9.03. The quantitative estimate of drug-likeness (QED) is 0.314. The molecule has 0 unspecified atom stereocenters. The van der Waals surface area contributed by atoms with Gasteiger partial charge in [-0.1, -0.05) is 74.0 Å². The Bertz CT molecular complexity index is 1420. The van der Waals surface area contributed by atoms with Crippen LogP contribution in [0.15, 0.2) is 77.7 Å². The van der Waals surface area contributed by atoms with E-state index in [9.17, 15) is 18.0 Å². The molecule has 0 aliphatic heterocycles. The maximum Gasteiger partial charge on any atom is 0.264 e. The molecular weight excluding hydrogens is 522 g/mol. The van der Waals surface area contributed by atoms with Crippen molar-refractivity contribution >= 4 is 27.5 Å². The average molecular weight is 564 g/mol. The summed E-state index contributed by atoms with van der Waals surface area (Å²) in [4.78, 5) is 29.2. The highest BCUT2D eigenvalue weighted by molar-refractivity contribution is 7.92. The number of amides is 2. The fourth-order valence-electron chi connectivity index (χ4n) is 4.53. The van der Waals surface area contributed by atoms with Crippen LogP contribution in [0.25, 0.3) is 0 Å². The van der Waals surface area contributed by atoms with Gasteiger partial charge in [0.05, 0.1) is 10.6 Å². The van der Waals surface area contributed by atoms with Crippen LogP contribution in [0.4, 0.5) is 5.69 Å². The average Bonchev–Trinajstić information content (AvgIpc) is 2.93. The minimum Gasteiger partial charge on any atom is -0.352 e. The van der Waals surface area contributed by atoms with Crippen molar-refractivity contribution in [2.45, 2.75) is 77.9 Å². The standard InChI is InChI=1S/C32H41N3O4S/c1-7-26(6)33-32(37)29(8-2)34(21-27-15-11-9-13-24(27)4)31(36)22-35(30-16-12-10-14-25(30)5)40(38,39)28-19-17-23(3)18-20-28/h9-20,26,29H,7-8,21-22H2,1-6H3,(H,33,37)/t26-,29-/m1/s1. The minimum absolute atomic E-state index is 0.0534. The molecular formula is C32H41N3O4S. The molecule has 7 nitrogen and oxygen atoms in total. The lowest BCUT2D eigenvalue weighted by molar-refractivity contribution is -0.140. The first kappa shape index (κ1) is 30.9. The molecule has 0 aliphatic carbocycles. The molecule has 0 spiro atoms. The van der Waals surface area contributed by atoms with Crippen LogP contribution in [0, 0.1) is 20.8 Å². The van der Waals surface area contributed by atoms with Crippen molar-refractivity contribution in [3.63, 3.8) is 0 Å². The monoisotopic (exact) mass is 563 g/mol. The highest BCUT2D eigenvalue weighted by Crippen LogP contribution is 2.28. The van der Waals surface area contributed by atoms with E-state index in [-0.39, 0.29) is 23.4 Å². The number of nitrogens with one attached hydrogen (secondary N) is 1. The number of aryl methyl sites for hydroxylation is 3. The van der Waals surface area contributed by atoms with Gasteiger partial charge in [-0.05, 0) is 75.4 Å². The molecule has 0 radical (unpaired) electrons. The fourth-order valence-corrected chi connectivity index (χ4v) is 6.00. The van der Waals surface area contributed by atoms with Crippen molar-refractivity contribution in [3.05, 3.63) is 95.1 Å². The summed E-state index contributed by atoms with van der Waals surface area (Å²) >= 11 is 0. The second-order valence-electron chi connectivity index (χ2n) is 10.3. The molecule has 3 aromatic rings. The summed E-state index contributed by atoms with van der Waals surface area (Å²) in [6, 6.07) is 20.6. The molecule has 0 saturated carbocycles. The van der Waals surface area contributed by atoms with Crippen LogP contribution in [-0.4, -0.2) is 43.8 Å². The first-order valence-electron chi connectivity index (χ1n) is 13.8. The Morgan fingerprint density at radius 3 is 2.00 bits per heavy atom. The molecule has 0 saturated heterocycles. The van der Waals surface area contributed by atoms with Crippen LogP contribution in [0.3, 0.4) is 0 Å². The molecule has 2 atom stereocenters. The fraction of sp³-hybridized carbons (Fsp3) is 0.375. The predicted octanol–water partition coefficient (Wildman–Crippen LogP) is 5.53. The van der Waals surface area contributed by atoms with Crippen molar-refractivity contribution in [2.24, 2.45) is 0 Å². The predicted molar refractivity (Wildman–Crippen MR) is 161 cm³/mol. The van der Waals surface area contributed by atoms with E-state index in [1.54, 1.807) is 36.4 Å². The number of hydrogen-bond donors (Lipinski definition) is 1. The zero-order chi connectivity index (χ0) is 29.4. The molecule has 0 bridgehead atoms. The van der Waals surface area contributed by atoms with Crippen molar-refractivity contribution in [1.29, 1.82) is 0 Å². The Kier molecular flexibility index (Phi) is 10.5. The first-order valence-corrected chi connectivity index (χ1v) is 15.2. The number of anilines is 1. The Balaban J connectivity index is 2.08. The number of para-hydroxylation sites is 1. The van der Waals surface area contributed by atoms with Crippen molar-refractivity contribution < 1.29 is 18.0 Å². The zero-order valence-corrected chi connectivity index (χ0v) is 25.2. The van der Waals surface area contributed by atoms with Crippen LogP contribution in [0.1, 0.15) is 55.9 Å². The Labute approximate surface area is 239 Å². The third-order valence-electron chi connectivity index (χ3n) is 7.26. The SMILES string of the molecule is CC[C@@H](C)NC(=O)[C@@H](CC)N(Cc1ccccc1C)C(=O)CN(c1ccccc1C)S(=O)(=O)c1ccc(C)cc1. The van der Waals surface area contributed by atoms with Gasteiger partial charge in [-0.3, -0.25) is 13.9 Å². The molecule has 8 heteroatoms. The second-order valence-corrected chi connectivity index (χ2v) is 12.2. The van der Waals surface area contributed by atoms with Gasteiger partial charge >= 0.3 is 0 Å². The van der Waals surface area contributed by atoms with E-state index in [2.05, 4.69) is 5.32 Å². The van der Waals surface area contributed by atoms with E-state index in [1.807, 2.05) is 77.9 Å². The van der Waals surface area contributed by atoms with Gasteiger partial charge in [-0.15, -0.1) is 0 Å². The summed E-state index contributed by atoms with van der Waals surface area (Å²) in [6.45, 7) is 11.2. The molecule has 2 amide bonds. The maximum atomic E-state index is 14.2. The smallest absolute Gasteiger partial charge is 0.264 e. The Morgan fingerprint density at radius 1 is 0.825 bits per heavy atom. The lowest BCUT2D eigenvalue weighted by Crippen LogP contribution is -2.53. The summed E-state index contributed by atoms with van der Waals surface area (Å²) in [5.41, 5.74) is 3.96. The Hall–Kier alpha value is -3.65. The van der Waals surface area contributed by atoms with Gasteiger partial charge in [0.15, 0.2) is 0 Å². The molecule has 1 N–H and O–H groups in total. The number of nitrogens with zero attached hydrogens (tertiary/aromatic N) is 2. The van der Waals surface area contributed by atoms with Gasteiger partial charge in [0, 0.05) is 12.6 Å². The van der Waals surface area contributed by atoms with E-state index in [1.165, 1.54) is 9.21 Å².